The molecule has 5 heteroatoms. The largest absolute Gasteiger partial charge is 0.507 e. The summed E-state index contributed by atoms with van der Waals surface area (Å²) in [6.45, 7) is 0. The summed E-state index contributed by atoms with van der Waals surface area (Å²) in [5.74, 6) is -1.24. The number of rotatable bonds is 1. The SMILES string of the molecule is O=C(O)c1ccc2c(O)cc(=O)[nH]c2c1. The number of hydrogen-bond acceptors (Lipinski definition) is 3. The van der Waals surface area contributed by atoms with E-state index in [0.29, 0.717) is 10.9 Å². The standard InChI is InChI=1S/C10H7NO4/c12-8-4-9(13)11-7-3-5(10(14)15)1-2-6(7)8/h1-4H,(H,14,15)(H2,11,12,13). The van der Waals surface area contributed by atoms with E-state index >= 15 is 0 Å². The minimum absolute atomic E-state index is 0.0590. The van der Waals surface area contributed by atoms with Crippen molar-refractivity contribution in [2.45, 2.75) is 0 Å². The van der Waals surface area contributed by atoms with E-state index in [1.54, 1.807) is 0 Å². The van der Waals surface area contributed by atoms with Crippen molar-refractivity contribution in [3.8, 4) is 5.75 Å². The highest BCUT2D eigenvalue weighted by Gasteiger charge is 2.06. The fraction of sp³-hybridized carbons (Fsp3) is 0. The van der Waals surface area contributed by atoms with Crippen LogP contribution < -0.4 is 5.56 Å². The fourth-order valence-corrected chi connectivity index (χ4v) is 1.37. The molecule has 0 unspecified atom stereocenters. The number of aromatic hydroxyl groups is 1. The van der Waals surface area contributed by atoms with Crippen molar-refractivity contribution < 1.29 is 15.0 Å². The van der Waals surface area contributed by atoms with Crippen LogP contribution in [0.15, 0.2) is 29.1 Å². The van der Waals surface area contributed by atoms with Gasteiger partial charge in [0.05, 0.1) is 11.1 Å². The Kier molecular flexibility index (Phi) is 1.93. The second-order valence-corrected chi connectivity index (χ2v) is 3.08. The van der Waals surface area contributed by atoms with E-state index in [2.05, 4.69) is 4.98 Å². The minimum atomic E-state index is -1.08. The van der Waals surface area contributed by atoms with Crippen LogP contribution in [-0.4, -0.2) is 21.2 Å². The Morgan fingerprint density at radius 2 is 2.00 bits per heavy atom. The molecule has 15 heavy (non-hydrogen) atoms. The Balaban J connectivity index is 2.82. The van der Waals surface area contributed by atoms with Crippen molar-refractivity contribution in [2.24, 2.45) is 0 Å². The molecule has 0 spiro atoms. The second kappa shape index (κ2) is 3.13. The summed E-state index contributed by atoms with van der Waals surface area (Å²) in [5.41, 5.74) is -0.105. The molecule has 1 aromatic heterocycles. The molecular weight excluding hydrogens is 198 g/mol. The van der Waals surface area contributed by atoms with Gasteiger partial charge in [-0.1, -0.05) is 0 Å². The highest BCUT2D eigenvalue weighted by Crippen LogP contribution is 2.21. The van der Waals surface area contributed by atoms with Gasteiger partial charge >= 0.3 is 5.97 Å². The maximum atomic E-state index is 11.0. The Labute approximate surface area is 83.6 Å². The van der Waals surface area contributed by atoms with E-state index in [1.807, 2.05) is 0 Å². The van der Waals surface area contributed by atoms with E-state index < -0.39 is 11.5 Å². The Morgan fingerprint density at radius 3 is 2.67 bits per heavy atom. The zero-order chi connectivity index (χ0) is 11.0. The number of carboxylic acid groups (broad SMARTS) is 1. The zero-order valence-electron chi connectivity index (χ0n) is 7.52. The van der Waals surface area contributed by atoms with E-state index in [1.165, 1.54) is 18.2 Å². The van der Waals surface area contributed by atoms with Crippen LogP contribution >= 0.6 is 0 Å². The average Bonchev–Trinajstić information content (AvgIpc) is 2.16. The second-order valence-electron chi connectivity index (χ2n) is 3.08. The van der Waals surface area contributed by atoms with Gasteiger partial charge in [-0.05, 0) is 18.2 Å². The fourth-order valence-electron chi connectivity index (χ4n) is 1.37. The Hall–Kier alpha value is -2.30. The van der Waals surface area contributed by atoms with E-state index in [0.717, 1.165) is 6.07 Å². The molecule has 5 nitrogen and oxygen atoms in total. The quantitative estimate of drug-likeness (QED) is 0.646. The number of pyridine rings is 1. The first-order chi connectivity index (χ1) is 7.08. The van der Waals surface area contributed by atoms with Crippen LogP contribution in [0.4, 0.5) is 0 Å². The lowest BCUT2D eigenvalue weighted by Gasteiger charge is -2.01. The van der Waals surface area contributed by atoms with E-state index in [4.69, 9.17) is 5.11 Å². The molecular formula is C10H7NO4. The molecule has 1 aromatic carbocycles. The molecule has 0 radical (unpaired) electrons. The molecule has 76 valence electrons. The number of hydrogen-bond donors (Lipinski definition) is 3. The Bertz CT molecular complexity index is 600. The highest BCUT2D eigenvalue weighted by molar-refractivity contribution is 5.94. The molecule has 0 fully saturated rings. The van der Waals surface area contributed by atoms with Crippen molar-refractivity contribution >= 4 is 16.9 Å². The van der Waals surface area contributed by atoms with Crippen LogP contribution in [0.3, 0.4) is 0 Å². The summed E-state index contributed by atoms with van der Waals surface area (Å²) in [4.78, 5) is 24.1. The number of aromatic carboxylic acids is 1. The smallest absolute Gasteiger partial charge is 0.335 e. The number of H-pyrrole nitrogens is 1. The van der Waals surface area contributed by atoms with E-state index in [9.17, 15) is 14.7 Å². The van der Waals surface area contributed by atoms with Gasteiger partial charge in [-0.15, -0.1) is 0 Å². The lowest BCUT2D eigenvalue weighted by atomic mass is 10.1. The molecule has 0 aliphatic rings. The van der Waals surface area contributed by atoms with Gasteiger partial charge in [0, 0.05) is 11.5 Å². The van der Waals surface area contributed by atoms with Crippen molar-refractivity contribution in [1.82, 2.24) is 4.98 Å². The molecule has 0 atom stereocenters. The Morgan fingerprint density at radius 1 is 1.27 bits per heavy atom. The first-order valence-electron chi connectivity index (χ1n) is 4.17. The van der Waals surface area contributed by atoms with Crippen molar-refractivity contribution in [1.29, 1.82) is 0 Å². The predicted molar refractivity (Wildman–Crippen MR) is 53.2 cm³/mol. The molecule has 0 saturated heterocycles. The topological polar surface area (TPSA) is 90.4 Å². The maximum Gasteiger partial charge on any atom is 0.335 e. The number of fused-ring (bicyclic) bond motifs is 1. The monoisotopic (exact) mass is 205 g/mol. The number of benzene rings is 1. The first kappa shape index (κ1) is 9.26. The molecule has 2 rings (SSSR count). The summed E-state index contributed by atoms with van der Waals surface area (Å²) >= 11 is 0. The average molecular weight is 205 g/mol. The molecule has 1 heterocycles. The van der Waals surface area contributed by atoms with Gasteiger partial charge in [0.2, 0.25) is 0 Å². The van der Waals surface area contributed by atoms with Gasteiger partial charge < -0.3 is 15.2 Å². The zero-order valence-corrected chi connectivity index (χ0v) is 7.52. The van der Waals surface area contributed by atoms with Crippen LogP contribution in [-0.2, 0) is 0 Å². The number of aromatic amines is 1. The van der Waals surface area contributed by atoms with Gasteiger partial charge in [0.25, 0.3) is 5.56 Å². The van der Waals surface area contributed by atoms with Crippen molar-refractivity contribution in [2.75, 3.05) is 0 Å². The van der Waals surface area contributed by atoms with Gasteiger partial charge in [0.15, 0.2) is 0 Å². The lowest BCUT2D eigenvalue weighted by molar-refractivity contribution is 0.0697. The number of nitrogens with one attached hydrogen (secondary N) is 1. The molecule has 0 saturated carbocycles. The molecule has 0 aliphatic carbocycles. The highest BCUT2D eigenvalue weighted by atomic mass is 16.4. The van der Waals surface area contributed by atoms with Gasteiger partial charge in [-0.25, -0.2) is 4.79 Å². The molecule has 0 aliphatic heterocycles. The van der Waals surface area contributed by atoms with Gasteiger partial charge in [-0.2, -0.15) is 0 Å². The predicted octanol–water partition coefficient (Wildman–Crippen LogP) is 0.932. The maximum absolute atomic E-state index is 11.0. The summed E-state index contributed by atoms with van der Waals surface area (Å²) in [6.07, 6.45) is 0. The lowest BCUT2D eigenvalue weighted by Crippen LogP contribution is -2.04. The molecule has 0 amide bonds. The van der Waals surface area contributed by atoms with Gasteiger partial charge in [-0.3, -0.25) is 4.79 Å². The summed E-state index contributed by atoms with van der Waals surface area (Å²) in [5, 5.41) is 18.6. The molecule has 2 aromatic rings. The third-order valence-electron chi connectivity index (χ3n) is 2.07. The van der Waals surface area contributed by atoms with Crippen molar-refractivity contribution in [3.63, 3.8) is 0 Å². The van der Waals surface area contributed by atoms with Crippen molar-refractivity contribution in [3.05, 3.63) is 40.2 Å². The minimum Gasteiger partial charge on any atom is -0.507 e. The number of carboxylic acids is 1. The van der Waals surface area contributed by atoms with Gasteiger partial charge in [0.1, 0.15) is 5.75 Å². The molecule has 3 N–H and O–H groups in total. The third-order valence-corrected chi connectivity index (χ3v) is 2.07. The van der Waals surface area contributed by atoms with Crippen LogP contribution in [0.1, 0.15) is 10.4 Å². The molecule has 0 bridgehead atoms. The summed E-state index contributed by atoms with van der Waals surface area (Å²) in [6, 6.07) is 5.16. The first-order valence-corrected chi connectivity index (χ1v) is 4.17. The van der Waals surface area contributed by atoms with Crippen LogP contribution in [0.25, 0.3) is 10.9 Å². The normalized spacial score (nSPS) is 10.4. The number of carbonyl (C=O) groups is 1. The van der Waals surface area contributed by atoms with Crippen LogP contribution in [0, 0.1) is 0 Å². The number of aromatic nitrogens is 1. The van der Waals surface area contributed by atoms with Crippen LogP contribution in [0.2, 0.25) is 0 Å². The van der Waals surface area contributed by atoms with E-state index in [-0.39, 0.29) is 11.3 Å². The summed E-state index contributed by atoms with van der Waals surface area (Å²) < 4.78 is 0. The summed E-state index contributed by atoms with van der Waals surface area (Å²) in [7, 11) is 0. The van der Waals surface area contributed by atoms with Crippen LogP contribution in [0.5, 0.6) is 5.75 Å². The third kappa shape index (κ3) is 1.54.